The van der Waals surface area contributed by atoms with Crippen LogP contribution < -0.4 is 16.0 Å². The fraction of sp³-hybridized carbons (Fsp3) is 0.346. The highest BCUT2D eigenvalue weighted by molar-refractivity contribution is 6.04. The lowest BCUT2D eigenvalue weighted by molar-refractivity contribution is -0.137. The lowest BCUT2D eigenvalue weighted by Crippen LogP contribution is -2.45. The summed E-state index contributed by atoms with van der Waals surface area (Å²) in [6, 6.07) is 8.38. The van der Waals surface area contributed by atoms with Crippen molar-refractivity contribution < 1.29 is 18.0 Å². The number of aryl methyl sites for hydroxylation is 1. The second kappa shape index (κ2) is 11.7. The minimum Gasteiger partial charge on any atom is -0.322 e. The summed E-state index contributed by atoms with van der Waals surface area (Å²) in [4.78, 5) is 14.8. The van der Waals surface area contributed by atoms with Gasteiger partial charge in [-0.1, -0.05) is 23.8 Å². The van der Waals surface area contributed by atoms with Gasteiger partial charge >= 0.3 is 6.18 Å². The molecule has 1 amide bonds. The van der Waals surface area contributed by atoms with E-state index in [1.165, 1.54) is 18.2 Å². The highest BCUT2D eigenvalue weighted by Gasteiger charge is 2.33. The number of terminal acetylenes is 1. The van der Waals surface area contributed by atoms with E-state index in [1.807, 2.05) is 6.92 Å². The zero-order valence-corrected chi connectivity index (χ0v) is 19.0. The number of hydrogen-bond donors (Lipinski definition) is 3. The van der Waals surface area contributed by atoms with Crippen LogP contribution in [-0.4, -0.2) is 56.6 Å². The molecule has 0 bridgehead atoms. The summed E-state index contributed by atoms with van der Waals surface area (Å²) in [6.45, 7) is 7.59. The minimum absolute atomic E-state index is 0.0276. The number of carbonyl (C=O) groups excluding carboxylic acids is 1. The first-order valence-corrected chi connectivity index (χ1v) is 11.0. The Labute approximate surface area is 198 Å². The molecule has 0 unspecified atom stereocenters. The number of rotatable bonds is 6. The summed E-state index contributed by atoms with van der Waals surface area (Å²) in [7, 11) is 0. The summed E-state index contributed by atoms with van der Waals surface area (Å²) in [6.07, 6.45) is 0.819. The number of piperazine rings is 1. The van der Waals surface area contributed by atoms with E-state index in [0.29, 0.717) is 12.1 Å². The molecule has 5 nitrogen and oxygen atoms in total. The predicted molar refractivity (Wildman–Crippen MR) is 128 cm³/mol. The maximum atomic E-state index is 13.6. The van der Waals surface area contributed by atoms with Crippen molar-refractivity contribution >= 4 is 11.6 Å². The van der Waals surface area contributed by atoms with Crippen LogP contribution in [0.1, 0.15) is 32.6 Å². The van der Waals surface area contributed by atoms with Crippen LogP contribution in [0, 0.1) is 31.1 Å². The number of carbonyl (C=O) groups is 1. The molecule has 0 saturated carbocycles. The summed E-state index contributed by atoms with van der Waals surface area (Å²) >= 11 is 0. The highest BCUT2D eigenvalue weighted by atomic mass is 19.4. The Bertz CT molecular complexity index is 1120. The van der Waals surface area contributed by atoms with Crippen molar-refractivity contribution in [3.8, 4) is 24.2 Å². The molecule has 0 aliphatic carbocycles. The van der Waals surface area contributed by atoms with Crippen LogP contribution in [0.3, 0.4) is 0 Å². The Balaban J connectivity index is 1.64. The fourth-order valence-corrected chi connectivity index (χ4v) is 3.55. The molecule has 0 aromatic heterocycles. The topological polar surface area (TPSA) is 56.4 Å². The van der Waals surface area contributed by atoms with Crippen LogP contribution in [-0.2, 0) is 6.18 Å². The Morgan fingerprint density at radius 2 is 1.91 bits per heavy atom. The third kappa shape index (κ3) is 7.10. The molecule has 2 aromatic rings. The van der Waals surface area contributed by atoms with Gasteiger partial charge in [0.1, 0.15) is 0 Å². The summed E-state index contributed by atoms with van der Waals surface area (Å²) < 4.78 is 40.9. The van der Waals surface area contributed by atoms with Crippen molar-refractivity contribution in [3.63, 3.8) is 0 Å². The predicted octanol–water partition coefficient (Wildman–Crippen LogP) is 3.09. The molecular weight excluding hydrogens is 441 g/mol. The van der Waals surface area contributed by atoms with Crippen LogP contribution in [0.4, 0.5) is 18.9 Å². The molecule has 1 fully saturated rings. The van der Waals surface area contributed by atoms with E-state index in [-0.39, 0.29) is 23.4 Å². The Morgan fingerprint density at radius 1 is 1.15 bits per heavy atom. The average molecular weight is 469 g/mol. The lowest BCUT2D eigenvalue weighted by atomic mass is 10.0. The average Bonchev–Trinajstić information content (AvgIpc) is 2.82. The monoisotopic (exact) mass is 468 g/mol. The molecule has 178 valence electrons. The third-order valence-electron chi connectivity index (χ3n) is 5.49. The second-order valence-corrected chi connectivity index (χ2v) is 7.96. The molecule has 8 heteroatoms. The standard InChI is InChI=1S/C26H27F3N4O/c1-3-20-17-22(7-6-19(20)2)25(34)32-23-9-8-21(24(18-23)26(27,28)29)5-4-10-30-11-14-33-15-12-31-13-16-33/h1,6-9,17-18,30-31H,10-16H2,2H3,(H,32,34). The summed E-state index contributed by atoms with van der Waals surface area (Å²) in [5.74, 6) is 7.30. The molecule has 34 heavy (non-hydrogen) atoms. The molecule has 3 rings (SSSR count). The quantitative estimate of drug-likeness (QED) is 0.451. The summed E-state index contributed by atoms with van der Waals surface area (Å²) in [5.41, 5.74) is 0.643. The van der Waals surface area contributed by atoms with E-state index in [0.717, 1.165) is 44.4 Å². The number of benzene rings is 2. The largest absolute Gasteiger partial charge is 0.417 e. The van der Waals surface area contributed by atoms with Gasteiger partial charge < -0.3 is 16.0 Å². The van der Waals surface area contributed by atoms with Gasteiger partial charge in [-0.2, -0.15) is 13.2 Å². The maximum absolute atomic E-state index is 13.6. The third-order valence-corrected chi connectivity index (χ3v) is 5.49. The number of amides is 1. The van der Waals surface area contributed by atoms with Crippen molar-refractivity contribution in [1.29, 1.82) is 0 Å². The van der Waals surface area contributed by atoms with Gasteiger partial charge in [0.25, 0.3) is 5.91 Å². The van der Waals surface area contributed by atoms with Gasteiger partial charge in [-0.25, -0.2) is 0 Å². The first-order valence-electron chi connectivity index (χ1n) is 11.0. The second-order valence-electron chi connectivity index (χ2n) is 7.96. The van der Waals surface area contributed by atoms with Crippen molar-refractivity contribution in [2.24, 2.45) is 0 Å². The molecular formula is C26H27F3N4O. The zero-order valence-electron chi connectivity index (χ0n) is 19.0. The van der Waals surface area contributed by atoms with Crippen molar-refractivity contribution in [2.75, 3.05) is 51.1 Å². The Kier molecular flexibility index (Phi) is 8.72. The van der Waals surface area contributed by atoms with Gasteiger partial charge in [0.15, 0.2) is 0 Å². The van der Waals surface area contributed by atoms with Crippen LogP contribution in [0.2, 0.25) is 0 Å². The van der Waals surface area contributed by atoms with Crippen LogP contribution in [0.25, 0.3) is 0 Å². The molecule has 0 spiro atoms. The number of alkyl halides is 3. The molecule has 1 saturated heterocycles. The van der Waals surface area contributed by atoms with E-state index in [1.54, 1.807) is 12.1 Å². The molecule has 1 heterocycles. The van der Waals surface area contributed by atoms with E-state index >= 15 is 0 Å². The number of nitrogens with one attached hydrogen (secondary N) is 3. The first kappa shape index (κ1) is 25.3. The van der Waals surface area contributed by atoms with E-state index in [4.69, 9.17) is 6.42 Å². The van der Waals surface area contributed by atoms with Crippen LogP contribution >= 0.6 is 0 Å². The summed E-state index contributed by atoms with van der Waals surface area (Å²) in [5, 5.41) is 8.93. The van der Waals surface area contributed by atoms with Crippen LogP contribution in [0.15, 0.2) is 36.4 Å². The van der Waals surface area contributed by atoms with E-state index in [9.17, 15) is 18.0 Å². The Hall–Kier alpha value is -3.30. The highest BCUT2D eigenvalue weighted by Crippen LogP contribution is 2.33. The zero-order chi connectivity index (χ0) is 24.6. The number of nitrogens with zero attached hydrogens (tertiary/aromatic N) is 1. The van der Waals surface area contributed by atoms with Crippen molar-refractivity contribution in [3.05, 3.63) is 64.2 Å². The van der Waals surface area contributed by atoms with Gasteiger partial charge in [0, 0.05) is 61.6 Å². The lowest BCUT2D eigenvalue weighted by Gasteiger charge is -2.26. The van der Waals surface area contributed by atoms with E-state index < -0.39 is 17.6 Å². The van der Waals surface area contributed by atoms with Crippen molar-refractivity contribution in [2.45, 2.75) is 13.1 Å². The fourth-order valence-electron chi connectivity index (χ4n) is 3.55. The van der Waals surface area contributed by atoms with Crippen LogP contribution in [0.5, 0.6) is 0 Å². The SMILES string of the molecule is C#Cc1cc(C(=O)Nc2ccc(C#CCNCCN3CCNCC3)c(C(F)(F)F)c2)ccc1C. The van der Waals surface area contributed by atoms with Gasteiger partial charge in [0.05, 0.1) is 12.1 Å². The minimum atomic E-state index is -4.61. The molecule has 0 radical (unpaired) electrons. The molecule has 1 aliphatic rings. The van der Waals surface area contributed by atoms with Gasteiger partial charge in [-0.05, 0) is 42.8 Å². The Morgan fingerprint density at radius 3 is 2.62 bits per heavy atom. The number of halogens is 3. The number of hydrogen-bond acceptors (Lipinski definition) is 4. The molecule has 2 aromatic carbocycles. The smallest absolute Gasteiger partial charge is 0.322 e. The maximum Gasteiger partial charge on any atom is 0.417 e. The normalized spacial score (nSPS) is 14.1. The number of anilines is 1. The van der Waals surface area contributed by atoms with Gasteiger partial charge in [-0.3, -0.25) is 9.69 Å². The van der Waals surface area contributed by atoms with Gasteiger partial charge in [0.2, 0.25) is 0 Å². The molecule has 3 N–H and O–H groups in total. The van der Waals surface area contributed by atoms with E-state index in [2.05, 4.69) is 38.6 Å². The molecule has 0 atom stereocenters. The van der Waals surface area contributed by atoms with Crippen molar-refractivity contribution in [1.82, 2.24) is 15.5 Å². The van der Waals surface area contributed by atoms with Gasteiger partial charge in [-0.15, -0.1) is 6.42 Å². The first-order chi connectivity index (χ1) is 16.3. The molecule has 1 aliphatic heterocycles.